The third-order valence-electron chi connectivity index (χ3n) is 4.78. The standard InChI is InChI=1S/C19H23ClN2O2S/c1-2-10-22(14-6-4-3-5-7-14)18(23)12-17-19(24)21-15-11-13(20)8-9-16(15)25-17/h2,8-9,11,14,17H,1,3-7,10,12H2,(H,21,24)/t17-/m1/s1. The summed E-state index contributed by atoms with van der Waals surface area (Å²) in [5.74, 6) is -0.0906. The minimum absolute atomic E-state index is 0.0388. The maximum atomic E-state index is 12.9. The number of fused-ring (bicyclic) bond motifs is 1. The van der Waals surface area contributed by atoms with Gasteiger partial charge in [0.05, 0.1) is 10.9 Å². The Hall–Kier alpha value is -1.46. The van der Waals surface area contributed by atoms with E-state index in [-0.39, 0.29) is 24.3 Å². The highest BCUT2D eigenvalue weighted by molar-refractivity contribution is 8.01. The number of carbonyl (C=O) groups excluding carboxylic acids is 2. The van der Waals surface area contributed by atoms with Gasteiger partial charge in [-0.15, -0.1) is 18.3 Å². The van der Waals surface area contributed by atoms with Gasteiger partial charge in [-0.2, -0.15) is 0 Å². The highest BCUT2D eigenvalue weighted by atomic mass is 35.5. The van der Waals surface area contributed by atoms with Gasteiger partial charge < -0.3 is 10.2 Å². The summed E-state index contributed by atoms with van der Waals surface area (Å²) in [6.07, 6.45) is 7.65. The van der Waals surface area contributed by atoms with Crippen molar-refractivity contribution in [3.63, 3.8) is 0 Å². The van der Waals surface area contributed by atoms with E-state index in [0.717, 1.165) is 23.4 Å². The van der Waals surface area contributed by atoms with Crippen LogP contribution in [0.2, 0.25) is 5.02 Å². The predicted octanol–water partition coefficient (Wildman–Crippen LogP) is 4.49. The first-order valence-electron chi connectivity index (χ1n) is 8.76. The monoisotopic (exact) mass is 378 g/mol. The summed E-state index contributed by atoms with van der Waals surface area (Å²) >= 11 is 7.42. The lowest BCUT2D eigenvalue weighted by Crippen LogP contribution is -2.44. The Morgan fingerprint density at radius 2 is 2.12 bits per heavy atom. The molecule has 0 saturated heterocycles. The fourth-order valence-corrected chi connectivity index (χ4v) is 4.77. The second-order valence-electron chi connectivity index (χ2n) is 6.57. The molecule has 0 unspecified atom stereocenters. The van der Waals surface area contributed by atoms with Gasteiger partial charge in [-0.1, -0.05) is 36.9 Å². The van der Waals surface area contributed by atoms with Gasteiger partial charge in [-0.25, -0.2) is 0 Å². The number of halogens is 1. The SMILES string of the molecule is C=CCN(C(=O)C[C@H]1Sc2ccc(Cl)cc2NC1=O)C1CCCCC1. The Kier molecular flexibility index (Phi) is 6.07. The fourth-order valence-electron chi connectivity index (χ4n) is 3.52. The molecule has 0 radical (unpaired) electrons. The summed E-state index contributed by atoms with van der Waals surface area (Å²) in [5, 5.41) is 3.05. The topological polar surface area (TPSA) is 49.4 Å². The molecule has 1 atom stereocenters. The van der Waals surface area contributed by atoms with E-state index in [1.54, 1.807) is 18.2 Å². The first kappa shape index (κ1) is 18.3. The molecule has 1 aromatic carbocycles. The maximum Gasteiger partial charge on any atom is 0.238 e. The third-order valence-corrected chi connectivity index (χ3v) is 6.29. The molecule has 1 fully saturated rings. The molecule has 134 valence electrons. The molecule has 25 heavy (non-hydrogen) atoms. The number of carbonyl (C=O) groups is 2. The molecule has 1 aliphatic heterocycles. The molecule has 0 spiro atoms. The van der Waals surface area contributed by atoms with Crippen molar-refractivity contribution in [2.24, 2.45) is 0 Å². The lowest BCUT2D eigenvalue weighted by Gasteiger charge is -2.35. The maximum absolute atomic E-state index is 12.9. The van der Waals surface area contributed by atoms with Crippen LogP contribution in [0.25, 0.3) is 0 Å². The van der Waals surface area contributed by atoms with Crippen molar-refractivity contribution >= 4 is 40.9 Å². The lowest BCUT2D eigenvalue weighted by atomic mass is 9.94. The molecule has 2 aliphatic rings. The zero-order valence-electron chi connectivity index (χ0n) is 14.2. The number of anilines is 1. The van der Waals surface area contributed by atoms with Crippen molar-refractivity contribution in [3.05, 3.63) is 35.9 Å². The molecule has 1 aromatic rings. The summed E-state index contributed by atoms with van der Waals surface area (Å²) in [6, 6.07) is 5.71. The van der Waals surface area contributed by atoms with Crippen LogP contribution in [0.4, 0.5) is 5.69 Å². The van der Waals surface area contributed by atoms with E-state index in [4.69, 9.17) is 11.6 Å². The Bertz CT molecular complexity index is 673. The van der Waals surface area contributed by atoms with Gasteiger partial charge in [0.25, 0.3) is 0 Å². The van der Waals surface area contributed by atoms with E-state index in [0.29, 0.717) is 11.6 Å². The Labute approximate surface area is 158 Å². The van der Waals surface area contributed by atoms with E-state index in [1.807, 2.05) is 11.0 Å². The number of thioether (sulfide) groups is 1. The minimum Gasteiger partial charge on any atom is -0.336 e. The molecule has 1 aliphatic carbocycles. The van der Waals surface area contributed by atoms with Crippen LogP contribution in [-0.4, -0.2) is 34.6 Å². The summed E-state index contributed by atoms with van der Waals surface area (Å²) in [4.78, 5) is 28.1. The predicted molar refractivity (Wildman–Crippen MR) is 103 cm³/mol. The number of hydrogen-bond donors (Lipinski definition) is 1. The van der Waals surface area contributed by atoms with Gasteiger partial charge in [0, 0.05) is 28.9 Å². The Balaban J connectivity index is 1.69. The zero-order chi connectivity index (χ0) is 17.8. The number of benzene rings is 1. The van der Waals surface area contributed by atoms with Gasteiger partial charge in [-0.05, 0) is 31.0 Å². The molecular formula is C19H23ClN2O2S. The number of rotatable bonds is 5. The highest BCUT2D eigenvalue weighted by Crippen LogP contribution is 2.38. The van der Waals surface area contributed by atoms with Crippen LogP contribution in [0.1, 0.15) is 38.5 Å². The van der Waals surface area contributed by atoms with Crippen molar-refractivity contribution in [1.82, 2.24) is 4.90 Å². The number of amides is 2. The molecule has 2 amide bonds. The van der Waals surface area contributed by atoms with Crippen LogP contribution in [0.15, 0.2) is 35.7 Å². The second kappa shape index (κ2) is 8.28. The summed E-state index contributed by atoms with van der Waals surface area (Å²) in [6.45, 7) is 4.34. The lowest BCUT2D eigenvalue weighted by molar-refractivity contribution is -0.134. The molecule has 3 rings (SSSR count). The van der Waals surface area contributed by atoms with Gasteiger partial charge in [0.15, 0.2) is 0 Å². The molecule has 1 heterocycles. The molecule has 0 bridgehead atoms. The third kappa shape index (κ3) is 4.39. The average Bonchev–Trinajstić information content (AvgIpc) is 2.61. The largest absolute Gasteiger partial charge is 0.336 e. The van der Waals surface area contributed by atoms with Crippen LogP contribution >= 0.6 is 23.4 Å². The van der Waals surface area contributed by atoms with Crippen LogP contribution in [0.3, 0.4) is 0 Å². The van der Waals surface area contributed by atoms with Gasteiger partial charge in [-0.3, -0.25) is 9.59 Å². The van der Waals surface area contributed by atoms with Gasteiger partial charge in [0.1, 0.15) is 0 Å². The van der Waals surface area contributed by atoms with Gasteiger partial charge in [0.2, 0.25) is 11.8 Å². The number of hydrogen-bond acceptors (Lipinski definition) is 3. The normalized spacial score (nSPS) is 20.5. The van der Waals surface area contributed by atoms with Crippen molar-refractivity contribution in [3.8, 4) is 0 Å². The van der Waals surface area contributed by atoms with E-state index < -0.39 is 5.25 Å². The smallest absolute Gasteiger partial charge is 0.238 e. The Morgan fingerprint density at radius 3 is 2.84 bits per heavy atom. The zero-order valence-corrected chi connectivity index (χ0v) is 15.7. The first-order chi connectivity index (χ1) is 12.1. The van der Waals surface area contributed by atoms with E-state index in [2.05, 4.69) is 11.9 Å². The molecule has 1 N–H and O–H groups in total. The first-order valence-corrected chi connectivity index (χ1v) is 10.0. The molecular weight excluding hydrogens is 356 g/mol. The van der Waals surface area contributed by atoms with Crippen molar-refractivity contribution in [2.75, 3.05) is 11.9 Å². The summed E-state index contributed by atoms with van der Waals surface area (Å²) in [5.41, 5.74) is 0.724. The average molecular weight is 379 g/mol. The van der Waals surface area contributed by atoms with Crippen molar-refractivity contribution < 1.29 is 9.59 Å². The van der Waals surface area contributed by atoms with E-state index >= 15 is 0 Å². The highest BCUT2D eigenvalue weighted by Gasteiger charge is 2.32. The van der Waals surface area contributed by atoms with Gasteiger partial charge >= 0.3 is 0 Å². The molecule has 4 nitrogen and oxygen atoms in total. The number of nitrogens with one attached hydrogen (secondary N) is 1. The quantitative estimate of drug-likeness (QED) is 0.768. The van der Waals surface area contributed by atoms with E-state index in [1.165, 1.54) is 31.0 Å². The summed E-state index contributed by atoms with van der Waals surface area (Å²) in [7, 11) is 0. The van der Waals surface area contributed by atoms with Crippen molar-refractivity contribution in [2.45, 2.75) is 54.7 Å². The van der Waals surface area contributed by atoms with Crippen LogP contribution in [0.5, 0.6) is 0 Å². The molecule has 6 heteroatoms. The fraction of sp³-hybridized carbons (Fsp3) is 0.474. The number of nitrogens with zero attached hydrogens (tertiary/aromatic N) is 1. The van der Waals surface area contributed by atoms with Crippen LogP contribution < -0.4 is 5.32 Å². The minimum atomic E-state index is -0.405. The van der Waals surface area contributed by atoms with Crippen LogP contribution in [0, 0.1) is 0 Å². The summed E-state index contributed by atoms with van der Waals surface area (Å²) < 4.78 is 0. The van der Waals surface area contributed by atoms with Crippen molar-refractivity contribution in [1.29, 1.82) is 0 Å². The second-order valence-corrected chi connectivity index (χ2v) is 8.25. The van der Waals surface area contributed by atoms with Crippen LogP contribution in [-0.2, 0) is 9.59 Å². The molecule has 0 aromatic heterocycles. The van der Waals surface area contributed by atoms with E-state index in [9.17, 15) is 9.59 Å². The Morgan fingerprint density at radius 1 is 1.36 bits per heavy atom. The molecule has 1 saturated carbocycles.